The number of para-hydroxylation sites is 4. The van der Waals surface area contributed by atoms with Crippen molar-refractivity contribution in [3.8, 4) is 28.2 Å². The third-order valence-corrected chi connectivity index (χ3v) is 7.79. The van der Waals surface area contributed by atoms with E-state index in [2.05, 4.69) is 112 Å². The second kappa shape index (κ2) is 8.67. The van der Waals surface area contributed by atoms with Crippen LogP contribution in [0.4, 0.5) is 0 Å². The number of pyridine rings is 1. The zero-order valence-electron chi connectivity index (χ0n) is 22.8. The van der Waals surface area contributed by atoms with Gasteiger partial charge in [0, 0.05) is 22.5 Å². The summed E-state index contributed by atoms with van der Waals surface area (Å²) in [6.45, 7) is 10.8. The summed E-state index contributed by atoms with van der Waals surface area (Å²) in [4.78, 5) is 9.93. The molecule has 0 atom stereocenters. The van der Waals surface area contributed by atoms with Gasteiger partial charge in [0.1, 0.15) is 11.4 Å². The van der Waals surface area contributed by atoms with Crippen molar-refractivity contribution in [3.05, 3.63) is 113 Å². The quantitative estimate of drug-likeness (QED) is 0.239. The molecule has 4 heteroatoms. The van der Waals surface area contributed by atoms with E-state index < -0.39 is 0 Å². The lowest BCUT2D eigenvalue weighted by molar-refractivity contribution is 0.654. The van der Waals surface area contributed by atoms with E-state index in [0.717, 1.165) is 50.0 Å². The van der Waals surface area contributed by atoms with E-state index in [1.807, 2.05) is 12.3 Å². The van der Waals surface area contributed by atoms with Gasteiger partial charge in [-0.05, 0) is 86.7 Å². The molecular weight excluding hydrogens is 478 g/mol. The largest absolute Gasteiger partial charge is 0.437 e. The maximum Gasteiger partial charge on any atom is 0.227 e. The van der Waals surface area contributed by atoms with Gasteiger partial charge in [-0.2, -0.15) is 0 Å². The summed E-state index contributed by atoms with van der Waals surface area (Å²) in [5.41, 5.74) is 14.1. The number of imidazole rings is 1. The minimum Gasteiger partial charge on any atom is -0.437 e. The van der Waals surface area contributed by atoms with Crippen molar-refractivity contribution < 1.29 is 4.42 Å². The predicted molar refractivity (Wildman–Crippen MR) is 161 cm³/mol. The number of nitrogens with zero attached hydrogens (tertiary/aromatic N) is 3. The van der Waals surface area contributed by atoms with Crippen molar-refractivity contribution in [1.82, 2.24) is 14.5 Å². The Bertz CT molecular complexity index is 2030. The van der Waals surface area contributed by atoms with Crippen LogP contribution in [0.5, 0.6) is 0 Å². The van der Waals surface area contributed by atoms with Crippen molar-refractivity contribution >= 4 is 33.1 Å². The molecule has 190 valence electrons. The highest BCUT2D eigenvalue weighted by Gasteiger charge is 2.22. The van der Waals surface area contributed by atoms with Gasteiger partial charge in [0.2, 0.25) is 5.71 Å². The molecule has 0 bridgehead atoms. The van der Waals surface area contributed by atoms with E-state index in [-0.39, 0.29) is 0 Å². The van der Waals surface area contributed by atoms with E-state index in [9.17, 15) is 0 Å². The third-order valence-electron chi connectivity index (χ3n) is 7.79. The second-order valence-electron chi connectivity index (χ2n) is 10.6. The first kappa shape index (κ1) is 23.4. The van der Waals surface area contributed by atoms with Crippen LogP contribution in [0, 0.1) is 34.6 Å². The predicted octanol–water partition coefficient (Wildman–Crippen LogP) is 9.20. The Balaban J connectivity index is 1.51. The molecule has 0 radical (unpaired) electrons. The standard InChI is InChI=1S/C35H29N3O/c1-20-16-23(4)31(24(5)17-20)25-18-28-26-12-9-13-27(33(26)39-35(28)36-19-25)34-37-29-14-6-7-15-30(29)38(34)32-21(2)10-8-11-22(32)3/h6-19H,1-5H3. The van der Waals surface area contributed by atoms with Crippen LogP contribution in [0.2, 0.25) is 0 Å². The van der Waals surface area contributed by atoms with Crippen molar-refractivity contribution in [2.75, 3.05) is 0 Å². The number of hydrogen-bond donors (Lipinski definition) is 0. The number of aromatic nitrogens is 3. The highest BCUT2D eigenvalue weighted by Crippen LogP contribution is 2.39. The molecule has 7 rings (SSSR count). The first-order valence-corrected chi connectivity index (χ1v) is 13.3. The van der Waals surface area contributed by atoms with Gasteiger partial charge in [0.25, 0.3) is 0 Å². The first-order chi connectivity index (χ1) is 18.9. The van der Waals surface area contributed by atoms with Gasteiger partial charge >= 0.3 is 0 Å². The number of benzene rings is 4. The third kappa shape index (κ3) is 3.59. The van der Waals surface area contributed by atoms with Crippen molar-refractivity contribution in [1.29, 1.82) is 0 Å². The summed E-state index contributed by atoms with van der Waals surface area (Å²) in [6, 6.07) is 27.7. The normalized spacial score (nSPS) is 11.7. The fraction of sp³-hybridized carbons (Fsp3) is 0.143. The Morgan fingerprint density at radius 3 is 2.18 bits per heavy atom. The van der Waals surface area contributed by atoms with E-state index in [4.69, 9.17) is 14.4 Å². The number of rotatable bonds is 3. The van der Waals surface area contributed by atoms with Gasteiger partial charge < -0.3 is 4.42 Å². The van der Waals surface area contributed by atoms with Crippen LogP contribution < -0.4 is 0 Å². The first-order valence-electron chi connectivity index (χ1n) is 13.3. The van der Waals surface area contributed by atoms with Crippen LogP contribution >= 0.6 is 0 Å². The molecular formula is C35H29N3O. The Hall–Kier alpha value is -4.70. The smallest absolute Gasteiger partial charge is 0.227 e. The van der Waals surface area contributed by atoms with Crippen molar-refractivity contribution in [3.63, 3.8) is 0 Å². The summed E-state index contributed by atoms with van der Waals surface area (Å²) in [5.74, 6) is 0.865. The Morgan fingerprint density at radius 1 is 0.692 bits per heavy atom. The molecule has 3 heterocycles. The Kier molecular flexibility index (Phi) is 5.21. The van der Waals surface area contributed by atoms with E-state index >= 15 is 0 Å². The zero-order chi connectivity index (χ0) is 26.8. The summed E-state index contributed by atoms with van der Waals surface area (Å²) in [5, 5.41) is 2.05. The van der Waals surface area contributed by atoms with Crippen LogP contribution in [0.3, 0.4) is 0 Å². The molecule has 4 nitrogen and oxygen atoms in total. The summed E-state index contributed by atoms with van der Waals surface area (Å²) < 4.78 is 8.77. The van der Waals surface area contributed by atoms with Gasteiger partial charge in [-0.25, -0.2) is 9.97 Å². The second-order valence-corrected chi connectivity index (χ2v) is 10.6. The maximum atomic E-state index is 6.49. The molecule has 0 aliphatic heterocycles. The molecule has 7 aromatic rings. The molecule has 0 aliphatic rings. The molecule has 0 saturated carbocycles. The molecule has 0 saturated heterocycles. The van der Waals surface area contributed by atoms with Crippen molar-refractivity contribution in [2.24, 2.45) is 0 Å². The molecule has 0 amide bonds. The molecule has 3 aromatic heterocycles. The number of hydrogen-bond acceptors (Lipinski definition) is 3. The highest BCUT2D eigenvalue weighted by atomic mass is 16.3. The number of furan rings is 1. The zero-order valence-corrected chi connectivity index (χ0v) is 22.8. The van der Waals surface area contributed by atoms with Crippen molar-refractivity contribution in [2.45, 2.75) is 34.6 Å². The Labute approximate surface area is 227 Å². The molecule has 39 heavy (non-hydrogen) atoms. The van der Waals surface area contributed by atoms with Gasteiger partial charge in [0.15, 0.2) is 0 Å². The Morgan fingerprint density at radius 2 is 1.41 bits per heavy atom. The molecule has 0 aliphatic carbocycles. The van der Waals surface area contributed by atoms with Crippen LogP contribution in [0.25, 0.3) is 61.3 Å². The lowest BCUT2D eigenvalue weighted by Gasteiger charge is -2.15. The number of aryl methyl sites for hydroxylation is 5. The number of fused-ring (bicyclic) bond motifs is 4. The lowest BCUT2D eigenvalue weighted by atomic mass is 9.94. The molecule has 0 spiro atoms. The molecule has 4 aromatic carbocycles. The van der Waals surface area contributed by atoms with Gasteiger partial charge in [-0.1, -0.05) is 60.2 Å². The van der Waals surface area contributed by atoms with E-state index in [1.54, 1.807) is 0 Å². The molecule has 0 unspecified atom stereocenters. The fourth-order valence-electron chi connectivity index (χ4n) is 6.22. The molecule has 0 N–H and O–H groups in total. The highest BCUT2D eigenvalue weighted by molar-refractivity contribution is 6.09. The van der Waals surface area contributed by atoms with Crippen LogP contribution in [-0.4, -0.2) is 14.5 Å². The average molecular weight is 508 g/mol. The topological polar surface area (TPSA) is 43.9 Å². The van der Waals surface area contributed by atoms with Crippen LogP contribution in [0.1, 0.15) is 27.8 Å². The van der Waals surface area contributed by atoms with Gasteiger partial charge in [-0.3, -0.25) is 4.57 Å². The summed E-state index contributed by atoms with van der Waals surface area (Å²) >= 11 is 0. The van der Waals surface area contributed by atoms with E-state index in [1.165, 1.54) is 33.4 Å². The van der Waals surface area contributed by atoms with Gasteiger partial charge in [-0.15, -0.1) is 0 Å². The van der Waals surface area contributed by atoms with Gasteiger partial charge in [0.05, 0.1) is 22.3 Å². The minimum absolute atomic E-state index is 0.637. The summed E-state index contributed by atoms with van der Waals surface area (Å²) in [6.07, 6.45) is 1.93. The fourth-order valence-corrected chi connectivity index (χ4v) is 6.22. The minimum atomic E-state index is 0.637. The lowest BCUT2D eigenvalue weighted by Crippen LogP contribution is -2.02. The SMILES string of the molecule is Cc1cc(C)c(-c2cnc3oc4c(-c5nc6ccccc6n5-c5c(C)cccc5C)cccc4c3c2)c(C)c1. The van der Waals surface area contributed by atoms with E-state index in [0.29, 0.717) is 5.71 Å². The summed E-state index contributed by atoms with van der Waals surface area (Å²) in [7, 11) is 0. The molecule has 0 fully saturated rings. The van der Waals surface area contributed by atoms with Crippen LogP contribution in [-0.2, 0) is 0 Å². The van der Waals surface area contributed by atoms with Crippen LogP contribution in [0.15, 0.2) is 89.5 Å². The monoisotopic (exact) mass is 507 g/mol. The average Bonchev–Trinajstić information content (AvgIpc) is 3.47. The maximum absolute atomic E-state index is 6.49.